The molecule has 0 aliphatic carbocycles. The summed E-state index contributed by atoms with van der Waals surface area (Å²) in [6.45, 7) is 3.15. The Hall–Kier alpha value is -5.07. The van der Waals surface area contributed by atoms with Crippen LogP contribution in [0.4, 0.5) is 8.78 Å². The third kappa shape index (κ3) is 10.5. The number of carbonyl (C=O) groups excluding carboxylic acids is 3. The van der Waals surface area contributed by atoms with E-state index < -0.39 is 48.4 Å². The average molecular weight is 674 g/mol. The number of hydrogen-bond acceptors (Lipinski definition) is 8. The molecule has 0 saturated carbocycles. The van der Waals surface area contributed by atoms with Gasteiger partial charge in [0, 0.05) is 25.0 Å². The Morgan fingerprint density at radius 3 is 2.24 bits per heavy atom. The number of aliphatic hydroxyl groups is 1. The monoisotopic (exact) mass is 673 g/mol. The van der Waals surface area contributed by atoms with Gasteiger partial charge in [0.1, 0.15) is 18.5 Å². The number of alkyl halides is 2. The summed E-state index contributed by atoms with van der Waals surface area (Å²) >= 11 is 0. The first-order valence-electron chi connectivity index (χ1n) is 16.0. The number of halogens is 2. The number of nitrogens with one attached hydrogen (secondary N) is 1. The Balaban J connectivity index is 1.56. The minimum Gasteiger partial charge on any atom is -0.487 e. The third-order valence-electron chi connectivity index (χ3n) is 7.96. The van der Waals surface area contributed by atoms with Crippen molar-refractivity contribution >= 4 is 17.7 Å². The van der Waals surface area contributed by atoms with Crippen LogP contribution in [0.5, 0.6) is 5.75 Å². The molecule has 3 atom stereocenters. The highest BCUT2D eigenvalue weighted by molar-refractivity contribution is 5.99. The summed E-state index contributed by atoms with van der Waals surface area (Å²) in [5.41, 5.74) is 8.30. The molecule has 10 nitrogen and oxygen atoms in total. The van der Waals surface area contributed by atoms with Crippen molar-refractivity contribution in [3.05, 3.63) is 126 Å². The Morgan fingerprint density at radius 1 is 0.918 bits per heavy atom. The predicted octanol–water partition coefficient (Wildman–Crippen LogP) is 4.25. The van der Waals surface area contributed by atoms with Crippen molar-refractivity contribution in [2.45, 2.75) is 70.4 Å². The Labute approximate surface area is 284 Å². The molecule has 0 bridgehead atoms. The molecule has 0 spiro atoms. The van der Waals surface area contributed by atoms with Gasteiger partial charge in [0.2, 0.25) is 11.8 Å². The standard InChI is InChI=1S/C37H41F2N5O5/c1-25(2)33(40)35(47)43-31(21-26-13-16-30(17-14-26)49-24-29-12-6-7-20-42-29)34(46)37(38,39)36(48)44(23-28-9-4-3-5-10-28)32(45)18-15-27-11-8-19-41-22-27/h3-14,16-17,19-20,22,25,31,33-34,46H,15,18,21,23-24,40H2,1-2H3,(H,43,47)/t31?,33-,34?/m0/s1. The van der Waals surface area contributed by atoms with E-state index in [1.54, 1.807) is 105 Å². The predicted molar refractivity (Wildman–Crippen MR) is 179 cm³/mol. The van der Waals surface area contributed by atoms with Crippen molar-refractivity contribution in [1.82, 2.24) is 20.2 Å². The Kier molecular flexibility index (Phi) is 13.0. The number of aryl methyl sites for hydroxylation is 1. The highest BCUT2D eigenvalue weighted by atomic mass is 19.3. The van der Waals surface area contributed by atoms with Crippen molar-refractivity contribution in [1.29, 1.82) is 0 Å². The van der Waals surface area contributed by atoms with E-state index in [1.807, 2.05) is 12.1 Å². The molecule has 0 aliphatic heterocycles. The Morgan fingerprint density at radius 2 is 1.61 bits per heavy atom. The van der Waals surface area contributed by atoms with E-state index in [-0.39, 0.29) is 31.8 Å². The van der Waals surface area contributed by atoms with Gasteiger partial charge in [-0.2, -0.15) is 8.78 Å². The van der Waals surface area contributed by atoms with Crippen molar-refractivity contribution in [2.24, 2.45) is 11.7 Å². The zero-order chi connectivity index (χ0) is 35.4. The lowest BCUT2D eigenvalue weighted by Crippen LogP contribution is -2.61. The van der Waals surface area contributed by atoms with Gasteiger partial charge in [-0.15, -0.1) is 0 Å². The van der Waals surface area contributed by atoms with E-state index in [0.29, 0.717) is 33.0 Å². The number of aromatic nitrogens is 2. The molecule has 49 heavy (non-hydrogen) atoms. The van der Waals surface area contributed by atoms with E-state index >= 15 is 8.78 Å². The lowest BCUT2D eigenvalue weighted by molar-refractivity contribution is -0.182. The van der Waals surface area contributed by atoms with E-state index in [2.05, 4.69) is 15.3 Å². The van der Waals surface area contributed by atoms with Crippen molar-refractivity contribution in [2.75, 3.05) is 0 Å². The second-order valence-electron chi connectivity index (χ2n) is 12.0. The molecule has 0 fully saturated rings. The van der Waals surface area contributed by atoms with Crippen molar-refractivity contribution in [3.63, 3.8) is 0 Å². The number of imide groups is 1. The van der Waals surface area contributed by atoms with Crippen LogP contribution in [-0.4, -0.2) is 61.8 Å². The van der Waals surface area contributed by atoms with Crippen molar-refractivity contribution < 1.29 is 33.0 Å². The fourth-order valence-corrected chi connectivity index (χ4v) is 4.97. The number of nitrogens with zero attached hydrogens (tertiary/aromatic N) is 3. The molecule has 4 rings (SSSR count). The second-order valence-corrected chi connectivity index (χ2v) is 12.0. The largest absolute Gasteiger partial charge is 0.487 e. The van der Waals surface area contributed by atoms with Crippen LogP contribution in [0.3, 0.4) is 0 Å². The number of ether oxygens (including phenoxy) is 1. The Bertz CT molecular complexity index is 1640. The number of aliphatic hydroxyl groups excluding tert-OH is 1. The maximum absolute atomic E-state index is 16.2. The lowest BCUT2D eigenvalue weighted by Gasteiger charge is -2.33. The summed E-state index contributed by atoms with van der Waals surface area (Å²) in [4.78, 5) is 48.6. The molecule has 258 valence electrons. The molecule has 2 unspecified atom stereocenters. The minimum absolute atomic E-state index is 0.159. The zero-order valence-corrected chi connectivity index (χ0v) is 27.4. The molecule has 0 aliphatic rings. The summed E-state index contributed by atoms with van der Waals surface area (Å²) in [6, 6.07) is 20.8. The molecule has 0 saturated heterocycles. The lowest BCUT2D eigenvalue weighted by atomic mass is 9.94. The van der Waals surface area contributed by atoms with Gasteiger partial charge in [0.05, 0.1) is 24.3 Å². The normalized spacial score (nSPS) is 13.3. The van der Waals surface area contributed by atoms with Gasteiger partial charge in [-0.3, -0.25) is 29.3 Å². The number of pyridine rings is 2. The highest BCUT2D eigenvalue weighted by Gasteiger charge is 2.53. The van der Waals surface area contributed by atoms with E-state index in [1.165, 1.54) is 0 Å². The topological polar surface area (TPSA) is 148 Å². The van der Waals surface area contributed by atoms with Crippen molar-refractivity contribution in [3.8, 4) is 5.75 Å². The first kappa shape index (κ1) is 36.8. The van der Waals surface area contributed by atoms with Gasteiger partial charge >= 0.3 is 11.8 Å². The van der Waals surface area contributed by atoms with Crippen LogP contribution in [0.1, 0.15) is 42.7 Å². The molecule has 2 aromatic heterocycles. The number of rotatable bonds is 16. The summed E-state index contributed by atoms with van der Waals surface area (Å²) in [6.07, 6.45) is 1.66. The minimum atomic E-state index is -4.48. The molecule has 3 amide bonds. The van der Waals surface area contributed by atoms with Gasteiger partial charge in [0.25, 0.3) is 0 Å². The number of nitrogens with two attached hydrogens (primary N) is 1. The van der Waals surface area contributed by atoms with Gasteiger partial charge < -0.3 is 20.9 Å². The number of benzene rings is 2. The molecule has 4 N–H and O–H groups in total. The summed E-state index contributed by atoms with van der Waals surface area (Å²) in [7, 11) is 0. The summed E-state index contributed by atoms with van der Waals surface area (Å²) in [5.74, 6) is -7.84. The van der Waals surface area contributed by atoms with Crippen LogP contribution in [0, 0.1) is 5.92 Å². The number of hydrogen-bond donors (Lipinski definition) is 3. The molecule has 0 radical (unpaired) electrons. The quantitative estimate of drug-likeness (QED) is 0.160. The number of carbonyl (C=O) groups is 3. The first-order valence-corrected chi connectivity index (χ1v) is 16.0. The maximum Gasteiger partial charge on any atom is 0.352 e. The molecule has 12 heteroatoms. The fourth-order valence-electron chi connectivity index (χ4n) is 4.97. The molecular formula is C37H41F2N5O5. The van der Waals surface area contributed by atoms with Crippen LogP contribution in [0.25, 0.3) is 0 Å². The van der Waals surface area contributed by atoms with Crippen LogP contribution < -0.4 is 15.8 Å². The van der Waals surface area contributed by atoms with Gasteiger partial charge in [-0.1, -0.05) is 68.4 Å². The molecule has 2 heterocycles. The van der Waals surface area contributed by atoms with Gasteiger partial charge in [-0.25, -0.2) is 0 Å². The first-order chi connectivity index (χ1) is 23.5. The molecule has 2 aromatic carbocycles. The summed E-state index contributed by atoms with van der Waals surface area (Å²) < 4.78 is 38.1. The zero-order valence-electron chi connectivity index (χ0n) is 27.4. The molecular weight excluding hydrogens is 632 g/mol. The van der Waals surface area contributed by atoms with E-state index in [0.717, 1.165) is 0 Å². The highest BCUT2D eigenvalue weighted by Crippen LogP contribution is 2.28. The third-order valence-corrected chi connectivity index (χ3v) is 7.96. The van der Waals surface area contributed by atoms with E-state index in [9.17, 15) is 19.5 Å². The number of amides is 3. The van der Waals surface area contributed by atoms with Gasteiger partial charge in [0.15, 0.2) is 0 Å². The SMILES string of the molecule is CC(C)[C@H](N)C(=O)NC(Cc1ccc(OCc2ccccn2)cc1)C(O)C(F)(F)C(=O)N(Cc1ccccc1)C(=O)CCc1cccnc1. The maximum atomic E-state index is 16.2. The average Bonchev–Trinajstić information content (AvgIpc) is 3.12. The summed E-state index contributed by atoms with van der Waals surface area (Å²) in [5, 5.41) is 13.6. The van der Waals surface area contributed by atoms with Gasteiger partial charge in [-0.05, 0) is 65.8 Å². The smallest absolute Gasteiger partial charge is 0.352 e. The van der Waals surface area contributed by atoms with Crippen LogP contribution >= 0.6 is 0 Å². The van der Waals surface area contributed by atoms with Crippen LogP contribution in [0.2, 0.25) is 0 Å². The van der Waals surface area contributed by atoms with Crippen LogP contribution in [-0.2, 0) is 40.4 Å². The van der Waals surface area contributed by atoms with E-state index in [4.69, 9.17) is 10.5 Å². The second kappa shape index (κ2) is 17.4. The fraction of sp³-hybridized carbons (Fsp3) is 0.324. The van der Waals surface area contributed by atoms with Crippen LogP contribution in [0.15, 0.2) is 104 Å². The molecule has 4 aromatic rings.